The molecule has 0 unspecified atom stereocenters. The highest BCUT2D eigenvalue weighted by atomic mass is 79.9. The minimum absolute atomic E-state index is 0.0262. The molecule has 0 aliphatic heterocycles. The summed E-state index contributed by atoms with van der Waals surface area (Å²) in [4.78, 5) is 36.4. The first-order valence-electron chi connectivity index (χ1n) is 8.39. The van der Waals surface area contributed by atoms with Gasteiger partial charge in [-0.05, 0) is 54.6 Å². The summed E-state index contributed by atoms with van der Waals surface area (Å²) in [6.07, 6.45) is 2.82. The summed E-state index contributed by atoms with van der Waals surface area (Å²) in [6.45, 7) is 0. The number of halogens is 1. The van der Waals surface area contributed by atoms with E-state index in [1.165, 1.54) is 30.5 Å². The molecule has 3 N–H and O–H groups in total. The second-order valence-electron chi connectivity index (χ2n) is 5.87. The summed E-state index contributed by atoms with van der Waals surface area (Å²) < 4.78 is 6.04. The number of furan rings is 1. The fourth-order valence-corrected chi connectivity index (χ4v) is 2.66. The van der Waals surface area contributed by atoms with Crippen LogP contribution in [0.4, 0.5) is 5.69 Å². The van der Waals surface area contributed by atoms with Gasteiger partial charge in [0.2, 0.25) is 0 Å². The summed E-state index contributed by atoms with van der Waals surface area (Å²) in [5.74, 6) is -1.86. The number of carbonyl (C=O) groups is 3. The number of hydrogen-bond acceptors (Lipinski definition) is 4. The highest BCUT2D eigenvalue weighted by Gasteiger charge is 2.16. The Hall–Kier alpha value is -3.65. The van der Waals surface area contributed by atoms with Gasteiger partial charge in [0, 0.05) is 21.8 Å². The van der Waals surface area contributed by atoms with Gasteiger partial charge in [0.15, 0.2) is 0 Å². The average molecular weight is 455 g/mol. The molecule has 0 bridgehead atoms. The molecule has 1 heterocycles. The summed E-state index contributed by atoms with van der Waals surface area (Å²) in [5, 5.41) is 14.2. The maximum atomic E-state index is 12.8. The molecule has 7 nitrogen and oxygen atoms in total. The third-order valence-corrected chi connectivity index (χ3v) is 4.33. The van der Waals surface area contributed by atoms with Crippen LogP contribution >= 0.6 is 15.9 Å². The van der Waals surface area contributed by atoms with E-state index in [1.807, 2.05) is 0 Å². The standard InChI is InChI=1S/C21H15BrN2O5/c22-15-8-6-13(7-9-15)19(25)24-18(12-17-5-2-10-29-17)20(26)23-16-4-1-3-14(11-16)21(27)28/h1-12H,(H,23,26)(H,24,25)(H,27,28). The lowest BCUT2D eigenvalue weighted by atomic mass is 10.2. The third-order valence-electron chi connectivity index (χ3n) is 3.80. The Kier molecular flexibility index (Phi) is 6.25. The van der Waals surface area contributed by atoms with Crippen molar-refractivity contribution in [1.29, 1.82) is 0 Å². The predicted octanol–water partition coefficient (Wildman–Crippen LogP) is 4.15. The monoisotopic (exact) mass is 454 g/mol. The molecule has 0 saturated heterocycles. The maximum absolute atomic E-state index is 12.8. The van der Waals surface area contributed by atoms with E-state index in [0.29, 0.717) is 11.3 Å². The van der Waals surface area contributed by atoms with Crippen molar-refractivity contribution in [2.75, 3.05) is 5.32 Å². The average Bonchev–Trinajstić information content (AvgIpc) is 3.21. The predicted molar refractivity (Wildman–Crippen MR) is 110 cm³/mol. The molecule has 1 aromatic heterocycles. The lowest BCUT2D eigenvalue weighted by Gasteiger charge is -2.11. The van der Waals surface area contributed by atoms with E-state index >= 15 is 0 Å². The third kappa shape index (κ3) is 5.43. The van der Waals surface area contributed by atoms with Crippen molar-refractivity contribution in [2.45, 2.75) is 0 Å². The zero-order valence-electron chi connectivity index (χ0n) is 14.9. The number of carboxylic acids is 1. The van der Waals surface area contributed by atoms with Gasteiger partial charge in [0.25, 0.3) is 11.8 Å². The van der Waals surface area contributed by atoms with Crippen molar-refractivity contribution >= 4 is 45.5 Å². The van der Waals surface area contributed by atoms with E-state index in [-0.39, 0.29) is 16.9 Å². The molecule has 2 amide bonds. The molecule has 0 spiro atoms. The Morgan fingerprint density at radius 3 is 2.38 bits per heavy atom. The quantitative estimate of drug-likeness (QED) is 0.484. The number of hydrogen-bond donors (Lipinski definition) is 3. The molecule has 0 aliphatic carbocycles. The number of anilines is 1. The van der Waals surface area contributed by atoms with E-state index in [4.69, 9.17) is 9.52 Å². The Balaban J connectivity index is 1.84. The molecule has 146 valence electrons. The maximum Gasteiger partial charge on any atom is 0.335 e. The van der Waals surface area contributed by atoms with Crippen molar-refractivity contribution in [3.63, 3.8) is 0 Å². The molecular weight excluding hydrogens is 440 g/mol. The lowest BCUT2D eigenvalue weighted by molar-refractivity contribution is -0.113. The minimum atomic E-state index is -1.11. The topological polar surface area (TPSA) is 109 Å². The second kappa shape index (κ2) is 9.03. The first-order chi connectivity index (χ1) is 13.9. The first kappa shape index (κ1) is 20.1. The van der Waals surface area contributed by atoms with Crippen LogP contribution in [0.25, 0.3) is 6.08 Å². The summed E-state index contributed by atoms with van der Waals surface area (Å²) in [6, 6.07) is 15.7. The van der Waals surface area contributed by atoms with Gasteiger partial charge < -0.3 is 20.2 Å². The summed E-state index contributed by atoms with van der Waals surface area (Å²) in [7, 11) is 0. The molecule has 8 heteroatoms. The van der Waals surface area contributed by atoms with Crippen molar-refractivity contribution in [1.82, 2.24) is 5.32 Å². The molecule has 0 saturated carbocycles. The van der Waals surface area contributed by atoms with Gasteiger partial charge in [-0.3, -0.25) is 9.59 Å². The smallest absolute Gasteiger partial charge is 0.335 e. The second-order valence-corrected chi connectivity index (χ2v) is 6.79. The number of rotatable bonds is 6. The molecule has 3 aromatic rings. The Bertz CT molecular complexity index is 1070. The molecule has 0 fully saturated rings. The molecular formula is C21H15BrN2O5. The molecule has 0 radical (unpaired) electrons. The number of benzene rings is 2. The SMILES string of the molecule is O=C(Nc1cccc(C(=O)O)c1)C(=Cc1ccco1)NC(=O)c1ccc(Br)cc1. The molecule has 29 heavy (non-hydrogen) atoms. The van der Waals surface area contributed by atoms with E-state index < -0.39 is 17.8 Å². The van der Waals surface area contributed by atoms with Crippen molar-refractivity contribution in [2.24, 2.45) is 0 Å². The van der Waals surface area contributed by atoms with Crippen LogP contribution in [0.15, 0.2) is 81.5 Å². The Labute approximate surface area is 174 Å². The van der Waals surface area contributed by atoms with Crippen LogP contribution in [-0.2, 0) is 4.79 Å². The van der Waals surface area contributed by atoms with E-state index in [9.17, 15) is 14.4 Å². The number of carboxylic acid groups (broad SMARTS) is 1. The lowest BCUT2D eigenvalue weighted by Crippen LogP contribution is -2.30. The van der Waals surface area contributed by atoms with Gasteiger partial charge in [-0.15, -0.1) is 0 Å². The van der Waals surface area contributed by atoms with Crippen LogP contribution in [-0.4, -0.2) is 22.9 Å². The summed E-state index contributed by atoms with van der Waals surface area (Å²) >= 11 is 3.30. The number of aromatic carboxylic acids is 1. The Morgan fingerprint density at radius 2 is 1.72 bits per heavy atom. The zero-order valence-corrected chi connectivity index (χ0v) is 16.5. The highest BCUT2D eigenvalue weighted by molar-refractivity contribution is 9.10. The van der Waals surface area contributed by atoms with Crippen LogP contribution in [0, 0.1) is 0 Å². The van der Waals surface area contributed by atoms with Crippen molar-refractivity contribution in [3.8, 4) is 0 Å². The molecule has 0 aliphatic rings. The van der Waals surface area contributed by atoms with Crippen molar-refractivity contribution < 1.29 is 23.9 Å². The van der Waals surface area contributed by atoms with Crippen molar-refractivity contribution in [3.05, 3.63) is 94.0 Å². The number of nitrogens with one attached hydrogen (secondary N) is 2. The fraction of sp³-hybridized carbons (Fsp3) is 0. The fourth-order valence-electron chi connectivity index (χ4n) is 2.40. The van der Waals surface area contributed by atoms with Gasteiger partial charge in [-0.1, -0.05) is 22.0 Å². The summed E-state index contributed by atoms with van der Waals surface area (Å²) in [5.41, 5.74) is 0.601. The van der Waals surface area contributed by atoms with Gasteiger partial charge in [0.05, 0.1) is 11.8 Å². The van der Waals surface area contributed by atoms with Gasteiger partial charge in [0.1, 0.15) is 11.5 Å². The van der Waals surface area contributed by atoms with Crippen LogP contribution in [0.5, 0.6) is 0 Å². The first-order valence-corrected chi connectivity index (χ1v) is 9.18. The zero-order chi connectivity index (χ0) is 20.8. The van der Waals surface area contributed by atoms with Gasteiger partial charge >= 0.3 is 5.97 Å². The number of amides is 2. The molecule has 0 atom stereocenters. The van der Waals surface area contributed by atoms with Crippen LogP contribution in [0.2, 0.25) is 0 Å². The molecule has 2 aromatic carbocycles. The van der Waals surface area contributed by atoms with Crippen LogP contribution in [0.1, 0.15) is 26.5 Å². The van der Waals surface area contributed by atoms with Gasteiger partial charge in [-0.25, -0.2) is 4.79 Å². The minimum Gasteiger partial charge on any atom is -0.478 e. The largest absolute Gasteiger partial charge is 0.478 e. The van der Waals surface area contributed by atoms with Gasteiger partial charge in [-0.2, -0.15) is 0 Å². The van der Waals surface area contributed by atoms with E-state index in [2.05, 4.69) is 26.6 Å². The number of carbonyl (C=O) groups excluding carboxylic acids is 2. The van der Waals surface area contributed by atoms with E-state index in [1.54, 1.807) is 42.5 Å². The highest BCUT2D eigenvalue weighted by Crippen LogP contribution is 2.15. The van der Waals surface area contributed by atoms with Crippen LogP contribution < -0.4 is 10.6 Å². The Morgan fingerprint density at radius 1 is 0.966 bits per heavy atom. The van der Waals surface area contributed by atoms with Crippen LogP contribution in [0.3, 0.4) is 0 Å². The normalized spacial score (nSPS) is 11.0. The van der Waals surface area contributed by atoms with E-state index in [0.717, 1.165) is 4.47 Å². The molecule has 3 rings (SSSR count).